The molecule has 1 heterocycles. The highest BCUT2D eigenvalue weighted by molar-refractivity contribution is 9.09. The maximum absolute atomic E-state index is 12.4. The van der Waals surface area contributed by atoms with Crippen molar-refractivity contribution in [1.82, 2.24) is 5.32 Å². The van der Waals surface area contributed by atoms with E-state index in [0.29, 0.717) is 0 Å². The molecule has 1 aromatic heterocycles. The number of hydrogen-bond donors (Lipinski definition) is 1. The second kappa shape index (κ2) is 6.49. The summed E-state index contributed by atoms with van der Waals surface area (Å²) >= 11 is 5.23. The summed E-state index contributed by atoms with van der Waals surface area (Å²) in [7, 11) is 0. The number of rotatable bonds is 4. The van der Waals surface area contributed by atoms with Gasteiger partial charge in [0.05, 0.1) is 4.88 Å². The predicted octanol–water partition coefficient (Wildman–Crippen LogP) is 4.98. The molecule has 0 radical (unpaired) electrons. The number of alkyl halides is 1. The Morgan fingerprint density at radius 3 is 2.71 bits per heavy atom. The molecule has 21 heavy (non-hydrogen) atoms. The molecule has 1 N–H and O–H groups in total. The molecule has 1 aromatic carbocycles. The molecule has 1 amide bonds. The Labute approximate surface area is 138 Å². The summed E-state index contributed by atoms with van der Waals surface area (Å²) < 4.78 is 1.18. The molecule has 3 rings (SSSR count). The number of benzene rings is 1. The van der Waals surface area contributed by atoms with Gasteiger partial charge in [0.1, 0.15) is 0 Å². The van der Waals surface area contributed by atoms with E-state index in [2.05, 4.69) is 33.4 Å². The third-order valence-electron chi connectivity index (χ3n) is 4.47. The summed E-state index contributed by atoms with van der Waals surface area (Å²) in [5.74, 6) is 0.0714. The van der Waals surface area contributed by atoms with E-state index in [1.54, 1.807) is 11.3 Å². The van der Waals surface area contributed by atoms with E-state index < -0.39 is 0 Å². The molecule has 1 saturated carbocycles. The van der Waals surface area contributed by atoms with E-state index in [0.717, 1.165) is 22.1 Å². The van der Waals surface area contributed by atoms with Crippen molar-refractivity contribution in [3.05, 3.63) is 35.2 Å². The fourth-order valence-electron chi connectivity index (χ4n) is 3.11. The van der Waals surface area contributed by atoms with E-state index in [4.69, 9.17) is 0 Å². The zero-order valence-corrected chi connectivity index (χ0v) is 14.4. The van der Waals surface area contributed by atoms with E-state index in [1.165, 1.54) is 36.8 Å². The summed E-state index contributed by atoms with van der Waals surface area (Å²) in [6, 6.07) is 10.2. The maximum Gasteiger partial charge on any atom is 0.261 e. The number of amides is 1. The smallest absolute Gasteiger partial charge is 0.261 e. The zero-order valence-electron chi connectivity index (χ0n) is 12.0. The number of carbonyl (C=O) groups is 1. The van der Waals surface area contributed by atoms with Crippen LogP contribution in [0.5, 0.6) is 0 Å². The Bertz CT molecular complexity index is 598. The van der Waals surface area contributed by atoms with Crippen LogP contribution in [-0.2, 0) is 0 Å². The lowest BCUT2D eigenvalue weighted by Gasteiger charge is -2.35. The van der Waals surface area contributed by atoms with Crippen molar-refractivity contribution in [2.24, 2.45) is 5.41 Å². The second-order valence-electron chi connectivity index (χ2n) is 6.03. The predicted molar refractivity (Wildman–Crippen MR) is 93.5 cm³/mol. The second-order valence-corrected chi connectivity index (χ2v) is 7.67. The molecule has 0 spiro atoms. The highest BCUT2D eigenvalue weighted by Crippen LogP contribution is 2.37. The molecule has 112 valence electrons. The van der Waals surface area contributed by atoms with Gasteiger partial charge in [-0.2, -0.15) is 0 Å². The van der Waals surface area contributed by atoms with Gasteiger partial charge in [0.25, 0.3) is 5.91 Å². The Morgan fingerprint density at radius 2 is 2.00 bits per heavy atom. The van der Waals surface area contributed by atoms with Gasteiger partial charge in [-0.3, -0.25) is 4.79 Å². The highest BCUT2D eigenvalue weighted by atomic mass is 79.9. The zero-order chi connectivity index (χ0) is 14.7. The SMILES string of the molecule is O=C(NCC1(CBr)CCCCC1)c1cc2ccccc2s1. The van der Waals surface area contributed by atoms with Gasteiger partial charge in [0.2, 0.25) is 0 Å². The van der Waals surface area contributed by atoms with E-state index in [-0.39, 0.29) is 11.3 Å². The summed E-state index contributed by atoms with van der Waals surface area (Å²) in [5.41, 5.74) is 0.255. The highest BCUT2D eigenvalue weighted by Gasteiger charge is 2.31. The van der Waals surface area contributed by atoms with E-state index in [9.17, 15) is 4.79 Å². The summed E-state index contributed by atoms with van der Waals surface area (Å²) in [6.45, 7) is 0.783. The number of carbonyl (C=O) groups excluding carboxylic acids is 1. The number of hydrogen-bond acceptors (Lipinski definition) is 2. The Balaban J connectivity index is 1.68. The van der Waals surface area contributed by atoms with Crippen LogP contribution in [0.1, 0.15) is 41.8 Å². The van der Waals surface area contributed by atoms with E-state index >= 15 is 0 Å². The van der Waals surface area contributed by atoms with Crippen LogP contribution < -0.4 is 5.32 Å². The lowest BCUT2D eigenvalue weighted by molar-refractivity contribution is 0.0926. The van der Waals surface area contributed by atoms with Gasteiger partial charge >= 0.3 is 0 Å². The Kier molecular flexibility index (Phi) is 4.65. The summed E-state index contributed by atoms with van der Waals surface area (Å²) in [5, 5.41) is 5.29. The standard InChI is InChI=1S/C17H20BrNOS/c18-11-17(8-4-1-5-9-17)12-19-16(20)15-10-13-6-2-3-7-14(13)21-15/h2-3,6-7,10H,1,4-5,8-9,11-12H2,(H,19,20). The van der Waals surface area contributed by atoms with Gasteiger partial charge in [-0.1, -0.05) is 53.4 Å². The molecule has 0 unspecified atom stereocenters. The van der Waals surface area contributed by atoms with Crippen molar-refractivity contribution >= 4 is 43.3 Å². The number of nitrogens with one attached hydrogen (secondary N) is 1. The first-order valence-electron chi connectivity index (χ1n) is 7.55. The van der Waals surface area contributed by atoms with Crippen LogP contribution in [0.4, 0.5) is 0 Å². The molecule has 2 nitrogen and oxygen atoms in total. The first-order chi connectivity index (χ1) is 10.2. The average molecular weight is 366 g/mol. The van der Waals surface area contributed by atoms with E-state index in [1.807, 2.05) is 18.2 Å². The minimum absolute atomic E-state index is 0.0714. The van der Waals surface area contributed by atoms with Gasteiger partial charge < -0.3 is 5.32 Å². The van der Waals surface area contributed by atoms with Crippen LogP contribution in [0, 0.1) is 5.41 Å². The molecule has 2 aromatic rings. The molecule has 4 heteroatoms. The van der Waals surface area contributed by atoms with Gasteiger partial charge in [0, 0.05) is 16.6 Å². The van der Waals surface area contributed by atoms with Crippen molar-refractivity contribution < 1.29 is 4.79 Å². The molecule has 0 bridgehead atoms. The molecular weight excluding hydrogens is 346 g/mol. The van der Waals surface area contributed by atoms with Crippen molar-refractivity contribution in [2.45, 2.75) is 32.1 Å². The lowest BCUT2D eigenvalue weighted by Crippen LogP contribution is -2.40. The largest absolute Gasteiger partial charge is 0.351 e. The van der Waals surface area contributed by atoms with Crippen molar-refractivity contribution in [3.63, 3.8) is 0 Å². The third kappa shape index (κ3) is 3.32. The first kappa shape index (κ1) is 15.0. The van der Waals surface area contributed by atoms with Gasteiger partial charge in [-0.05, 0) is 35.8 Å². The van der Waals surface area contributed by atoms with Crippen LogP contribution in [-0.4, -0.2) is 17.8 Å². The number of thiophene rings is 1. The van der Waals surface area contributed by atoms with Gasteiger partial charge in [-0.15, -0.1) is 11.3 Å². The van der Waals surface area contributed by atoms with Crippen LogP contribution in [0.2, 0.25) is 0 Å². The first-order valence-corrected chi connectivity index (χ1v) is 9.49. The van der Waals surface area contributed by atoms with Crippen molar-refractivity contribution in [1.29, 1.82) is 0 Å². The normalized spacial score (nSPS) is 17.8. The maximum atomic E-state index is 12.4. The minimum atomic E-state index is 0.0714. The third-order valence-corrected chi connectivity index (χ3v) is 6.78. The number of halogens is 1. The van der Waals surface area contributed by atoms with Crippen LogP contribution in [0.25, 0.3) is 10.1 Å². The molecule has 0 saturated heterocycles. The molecule has 1 aliphatic carbocycles. The molecule has 1 fully saturated rings. The monoisotopic (exact) mass is 365 g/mol. The van der Waals surface area contributed by atoms with Crippen LogP contribution in [0.15, 0.2) is 30.3 Å². The number of fused-ring (bicyclic) bond motifs is 1. The fourth-order valence-corrected chi connectivity index (χ4v) is 4.85. The lowest BCUT2D eigenvalue weighted by atomic mass is 9.75. The average Bonchev–Trinajstić information content (AvgIpc) is 2.97. The minimum Gasteiger partial charge on any atom is -0.351 e. The van der Waals surface area contributed by atoms with Crippen LogP contribution >= 0.6 is 27.3 Å². The topological polar surface area (TPSA) is 29.1 Å². The molecular formula is C17H20BrNOS. The van der Waals surface area contributed by atoms with Gasteiger partial charge in [0.15, 0.2) is 0 Å². The Morgan fingerprint density at radius 1 is 1.24 bits per heavy atom. The summed E-state index contributed by atoms with van der Waals surface area (Å²) in [6.07, 6.45) is 6.32. The van der Waals surface area contributed by atoms with Crippen molar-refractivity contribution in [2.75, 3.05) is 11.9 Å². The van der Waals surface area contributed by atoms with Crippen molar-refractivity contribution in [3.8, 4) is 0 Å². The molecule has 1 aliphatic rings. The quantitative estimate of drug-likeness (QED) is 0.760. The molecule has 0 atom stereocenters. The van der Waals surface area contributed by atoms with Gasteiger partial charge in [-0.25, -0.2) is 0 Å². The van der Waals surface area contributed by atoms with Crippen LogP contribution in [0.3, 0.4) is 0 Å². The summed E-state index contributed by atoms with van der Waals surface area (Å²) in [4.78, 5) is 13.2. The Hall–Kier alpha value is -0.870. The molecule has 0 aliphatic heterocycles. The fraction of sp³-hybridized carbons (Fsp3) is 0.471.